The highest BCUT2D eigenvalue weighted by atomic mass is 32.1. The van der Waals surface area contributed by atoms with Crippen molar-refractivity contribution < 1.29 is 9.53 Å². The molecular weight excluding hydrogens is 224 g/mol. The lowest BCUT2D eigenvalue weighted by Crippen LogP contribution is -2.26. The van der Waals surface area contributed by atoms with Crippen molar-refractivity contribution in [2.45, 2.75) is 0 Å². The molecule has 0 aliphatic carbocycles. The molecule has 1 aromatic heterocycles. The van der Waals surface area contributed by atoms with Crippen LogP contribution in [0.2, 0.25) is 0 Å². The van der Waals surface area contributed by atoms with Gasteiger partial charge in [0, 0.05) is 19.0 Å². The molecule has 3 N–H and O–H groups in total. The average molecular weight is 238 g/mol. The first kappa shape index (κ1) is 12.7. The first-order valence-corrected chi connectivity index (χ1v) is 5.70. The third-order valence-electron chi connectivity index (χ3n) is 1.77. The molecule has 0 aliphatic heterocycles. The second kappa shape index (κ2) is 7.01. The van der Waals surface area contributed by atoms with E-state index < -0.39 is 0 Å². The summed E-state index contributed by atoms with van der Waals surface area (Å²) >= 11 is 1.44. The van der Waals surface area contributed by atoms with Gasteiger partial charge in [-0.25, -0.2) is 0 Å². The highest BCUT2D eigenvalue weighted by Crippen LogP contribution is 2.13. The number of thiophene rings is 1. The van der Waals surface area contributed by atoms with Crippen molar-refractivity contribution in [1.29, 1.82) is 0 Å². The van der Waals surface area contributed by atoms with Crippen molar-refractivity contribution >= 4 is 17.2 Å². The Morgan fingerprint density at radius 1 is 1.69 bits per heavy atom. The predicted molar refractivity (Wildman–Crippen MR) is 64.5 cm³/mol. The molecule has 86 valence electrons. The van der Waals surface area contributed by atoms with E-state index in [1.165, 1.54) is 11.3 Å². The van der Waals surface area contributed by atoms with E-state index in [4.69, 9.17) is 10.5 Å². The molecule has 1 heterocycles. The number of ether oxygens (including phenoxy) is 1. The molecular formula is C11H14N2O2S. The Balaban J connectivity index is 2.53. The molecule has 0 bridgehead atoms. The summed E-state index contributed by atoms with van der Waals surface area (Å²) in [6.45, 7) is 1.35. The Labute approximate surface area is 98.8 Å². The zero-order valence-electron chi connectivity index (χ0n) is 9.08. The molecule has 0 saturated carbocycles. The molecule has 0 radical (unpaired) electrons. The molecule has 0 unspecified atom stereocenters. The summed E-state index contributed by atoms with van der Waals surface area (Å²) in [6, 6.07) is 1.76. The van der Waals surface area contributed by atoms with Crippen LogP contribution >= 0.6 is 11.3 Å². The molecule has 0 aliphatic rings. The monoisotopic (exact) mass is 238 g/mol. The van der Waals surface area contributed by atoms with E-state index in [0.717, 1.165) is 4.88 Å². The number of rotatable bonds is 4. The lowest BCUT2D eigenvalue weighted by molar-refractivity contribution is 0.0937. The fourth-order valence-corrected chi connectivity index (χ4v) is 1.78. The maximum atomic E-state index is 11.6. The largest absolute Gasteiger partial charge is 0.383 e. The van der Waals surface area contributed by atoms with Crippen molar-refractivity contribution in [3.63, 3.8) is 0 Å². The number of carbonyl (C=O) groups is 1. The van der Waals surface area contributed by atoms with E-state index in [1.807, 2.05) is 0 Å². The van der Waals surface area contributed by atoms with Crippen molar-refractivity contribution in [3.8, 4) is 11.8 Å². The lowest BCUT2D eigenvalue weighted by Gasteiger charge is -2.01. The Hall–Kier alpha value is -1.35. The van der Waals surface area contributed by atoms with Crippen LogP contribution in [0.15, 0.2) is 11.4 Å². The molecule has 0 fully saturated rings. The molecule has 0 saturated heterocycles. The van der Waals surface area contributed by atoms with Gasteiger partial charge in [-0.3, -0.25) is 4.79 Å². The van der Waals surface area contributed by atoms with Crippen LogP contribution < -0.4 is 11.1 Å². The molecule has 0 atom stereocenters. The van der Waals surface area contributed by atoms with Gasteiger partial charge >= 0.3 is 0 Å². The SMILES string of the molecule is COCCNC(=O)c1csc(C#CCN)c1. The Kier molecular flexibility index (Phi) is 5.57. The highest BCUT2D eigenvalue weighted by molar-refractivity contribution is 7.10. The maximum Gasteiger partial charge on any atom is 0.252 e. The van der Waals surface area contributed by atoms with Crippen molar-refractivity contribution in [1.82, 2.24) is 5.32 Å². The zero-order valence-corrected chi connectivity index (χ0v) is 9.89. The fraction of sp³-hybridized carbons (Fsp3) is 0.364. The van der Waals surface area contributed by atoms with Crippen LogP contribution in [0.5, 0.6) is 0 Å². The molecule has 0 aromatic carbocycles. The number of nitrogens with two attached hydrogens (primary N) is 1. The van der Waals surface area contributed by atoms with E-state index in [0.29, 0.717) is 25.3 Å². The topological polar surface area (TPSA) is 64.3 Å². The van der Waals surface area contributed by atoms with Gasteiger partial charge < -0.3 is 15.8 Å². The summed E-state index contributed by atoms with van der Waals surface area (Å²) in [6.07, 6.45) is 0. The summed E-state index contributed by atoms with van der Waals surface area (Å²) in [5, 5.41) is 4.52. The summed E-state index contributed by atoms with van der Waals surface area (Å²) in [4.78, 5) is 12.4. The summed E-state index contributed by atoms with van der Waals surface area (Å²) in [5.74, 6) is 5.53. The number of nitrogens with one attached hydrogen (secondary N) is 1. The van der Waals surface area contributed by atoms with Crippen LogP contribution in [0.4, 0.5) is 0 Å². The van der Waals surface area contributed by atoms with Gasteiger partial charge in [0.25, 0.3) is 5.91 Å². The maximum absolute atomic E-state index is 11.6. The van der Waals surface area contributed by atoms with Crippen LogP contribution in [0.3, 0.4) is 0 Å². The first-order valence-electron chi connectivity index (χ1n) is 4.82. The third kappa shape index (κ3) is 4.03. The Bertz CT molecular complexity index is 404. The second-order valence-electron chi connectivity index (χ2n) is 2.95. The summed E-state index contributed by atoms with van der Waals surface area (Å²) in [5.41, 5.74) is 5.89. The van der Waals surface area contributed by atoms with Crippen LogP contribution in [0.25, 0.3) is 0 Å². The van der Waals surface area contributed by atoms with E-state index in [9.17, 15) is 4.79 Å². The fourth-order valence-electron chi connectivity index (χ4n) is 1.03. The Morgan fingerprint density at radius 2 is 2.50 bits per heavy atom. The zero-order chi connectivity index (χ0) is 11.8. The van der Waals surface area contributed by atoms with Crippen molar-refractivity contribution in [3.05, 3.63) is 21.9 Å². The van der Waals surface area contributed by atoms with E-state index in [-0.39, 0.29) is 5.91 Å². The van der Waals surface area contributed by atoms with Gasteiger partial charge in [-0.05, 0) is 6.07 Å². The summed E-state index contributed by atoms with van der Waals surface area (Å²) in [7, 11) is 1.59. The quantitative estimate of drug-likeness (QED) is 0.591. The van der Waals surface area contributed by atoms with E-state index in [1.54, 1.807) is 18.6 Å². The van der Waals surface area contributed by atoms with Gasteiger partial charge in [0.15, 0.2) is 0 Å². The highest BCUT2D eigenvalue weighted by Gasteiger charge is 2.06. The molecule has 0 spiro atoms. The van der Waals surface area contributed by atoms with Gasteiger partial charge in [0.05, 0.1) is 23.6 Å². The molecule has 16 heavy (non-hydrogen) atoms. The van der Waals surface area contributed by atoms with Gasteiger partial charge in [-0.1, -0.05) is 11.8 Å². The molecule has 4 nitrogen and oxygen atoms in total. The lowest BCUT2D eigenvalue weighted by atomic mass is 10.3. The van der Waals surface area contributed by atoms with Crippen LogP contribution in [-0.4, -0.2) is 32.7 Å². The van der Waals surface area contributed by atoms with Crippen LogP contribution in [-0.2, 0) is 4.74 Å². The standard InChI is InChI=1S/C11H14N2O2S/c1-15-6-5-13-11(14)9-7-10(16-8-9)3-2-4-12/h7-8H,4-6,12H2,1H3,(H,13,14). The number of hydrogen-bond donors (Lipinski definition) is 2. The number of amides is 1. The van der Waals surface area contributed by atoms with Gasteiger partial charge in [-0.15, -0.1) is 11.3 Å². The predicted octanol–water partition coefficient (Wildman–Crippen LogP) is 0.435. The first-order chi connectivity index (χ1) is 7.77. The van der Waals surface area contributed by atoms with E-state index in [2.05, 4.69) is 17.2 Å². The van der Waals surface area contributed by atoms with Crippen molar-refractivity contribution in [2.75, 3.05) is 26.8 Å². The molecule has 1 rings (SSSR count). The normalized spacial score (nSPS) is 9.38. The second-order valence-corrected chi connectivity index (χ2v) is 3.87. The third-order valence-corrected chi connectivity index (χ3v) is 2.61. The number of hydrogen-bond acceptors (Lipinski definition) is 4. The van der Waals surface area contributed by atoms with Crippen LogP contribution in [0, 0.1) is 11.8 Å². The van der Waals surface area contributed by atoms with Gasteiger partial charge in [-0.2, -0.15) is 0 Å². The molecule has 1 amide bonds. The van der Waals surface area contributed by atoms with Gasteiger partial charge in [0.2, 0.25) is 0 Å². The molecule has 5 heteroatoms. The number of methoxy groups -OCH3 is 1. The number of carbonyl (C=O) groups excluding carboxylic acids is 1. The Morgan fingerprint density at radius 3 is 3.19 bits per heavy atom. The van der Waals surface area contributed by atoms with Crippen LogP contribution in [0.1, 0.15) is 15.2 Å². The summed E-state index contributed by atoms with van der Waals surface area (Å²) < 4.78 is 4.84. The van der Waals surface area contributed by atoms with Crippen molar-refractivity contribution in [2.24, 2.45) is 5.73 Å². The van der Waals surface area contributed by atoms with E-state index >= 15 is 0 Å². The average Bonchev–Trinajstić information content (AvgIpc) is 2.75. The minimum Gasteiger partial charge on any atom is -0.383 e. The molecule has 1 aromatic rings. The van der Waals surface area contributed by atoms with Gasteiger partial charge in [0.1, 0.15) is 0 Å². The minimum absolute atomic E-state index is 0.103. The minimum atomic E-state index is -0.103. The smallest absolute Gasteiger partial charge is 0.252 e.